The van der Waals surface area contributed by atoms with Crippen molar-refractivity contribution in [1.82, 2.24) is 20.8 Å². The number of hydrogen-bond acceptors (Lipinski definition) is 6. The zero-order chi connectivity index (χ0) is 15.9. The Morgan fingerprint density at radius 2 is 2.00 bits per heavy atom. The van der Waals surface area contributed by atoms with Crippen molar-refractivity contribution in [3.63, 3.8) is 0 Å². The van der Waals surface area contributed by atoms with E-state index in [-0.39, 0.29) is 5.75 Å². The molecule has 0 saturated carbocycles. The fraction of sp³-hybridized carbons (Fsp3) is 0.0769. The minimum absolute atomic E-state index is 0.0320. The molecule has 3 N–H and O–H groups in total. The number of thioether (sulfide) groups is 1. The molecule has 114 valence electrons. The maximum atomic E-state index is 11.5. The molecule has 22 heavy (non-hydrogen) atoms. The lowest BCUT2D eigenvalue weighted by Gasteiger charge is -2.04. The SMILES string of the molecule is O=C([O-])C=CC(=O)NNC(=O)CSc1nc2ccccc2[nH]1. The largest absolute Gasteiger partial charge is 0.545 e. The normalized spacial score (nSPS) is 10.7. The van der Waals surface area contributed by atoms with Crippen LogP contribution in [0.1, 0.15) is 0 Å². The number of nitrogens with one attached hydrogen (secondary N) is 3. The van der Waals surface area contributed by atoms with Crippen LogP contribution in [-0.4, -0.2) is 33.5 Å². The van der Waals surface area contributed by atoms with Crippen molar-refractivity contribution < 1.29 is 19.5 Å². The summed E-state index contributed by atoms with van der Waals surface area (Å²) < 4.78 is 0. The first-order valence-corrected chi connectivity index (χ1v) is 7.08. The number of para-hydroxylation sites is 2. The molecule has 1 heterocycles. The Kier molecular flexibility index (Phi) is 5.15. The Bertz CT molecular complexity index is 707. The molecule has 0 bridgehead atoms. The van der Waals surface area contributed by atoms with Crippen LogP contribution in [0.3, 0.4) is 0 Å². The summed E-state index contributed by atoms with van der Waals surface area (Å²) in [6, 6.07) is 7.45. The maximum Gasteiger partial charge on any atom is 0.262 e. The van der Waals surface area contributed by atoms with Gasteiger partial charge in [-0.1, -0.05) is 23.9 Å². The van der Waals surface area contributed by atoms with Crippen LogP contribution in [0.2, 0.25) is 0 Å². The summed E-state index contributed by atoms with van der Waals surface area (Å²) in [5, 5.41) is 10.7. The van der Waals surface area contributed by atoms with Crippen LogP contribution in [0, 0.1) is 0 Å². The van der Waals surface area contributed by atoms with E-state index in [4.69, 9.17) is 0 Å². The molecular weight excluding hydrogens is 308 g/mol. The van der Waals surface area contributed by atoms with E-state index in [0.717, 1.165) is 17.1 Å². The van der Waals surface area contributed by atoms with Crippen LogP contribution in [0.5, 0.6) is 0 Å². The topological polar surface area (TPSA) is 127 Å². The van der Waals surface area contributed by atoms with Gasteiger partial charge in [-0.3, -0.25) is 20.4 Å². The van der Waals surface area contributed by atoms with E-state index in [0.29, 0.717) is 11.2 Å². The van der Waals surface area contributed by atoms with Crippen molar-refractivity contribution in [1.29, 1.82) is 0 Å². The molecule has 2 amide bonds. The van der Waals surface area contributed by atoms with Crippen LogP contribution in [0.25, 0.3) is 11.0 Å². The van der Waals surface area contributed by atoms with Gasteiger partial charge in [-0.15, -0.1) is 0 Å². The molecule has 0 aliphatic rings. The number of carbonyl (C=O) groups excluding carboxylic acids is 3. The summed E-state index contributed by atoms with van der Waals surface area (Å²) in [6.45, 7) is 0. The van der Waals surface area contributed by atoms with Crippen molar-refractivity contribution >= 4 is 40.6 Å². The molecule has 0 aliphatic carbocycles. The molecule has 9 heteroatoms. The number of carboxylic acid groups (broad SMARTS) is 1. The highest BCUT2D eigenvalue weighted by atomic mass is 32.2. The van der Waals surface area contributed by atoms with Gasteiger partial charge in [0.15, 0.2) is 5.16 Å². The number of aliphatic carboxylic acids is 1. The smallest absolute Gasteiger partial charge is 0.262 e. The Morgan fingerprint density at radius 3 is 2.73 bits per heavy atom. The average Bonchev–Trinajstić information content (AvgIpc) is 2.91. The van der Waals surface area contributed by atoms with Crippen molar-refractivity contribution in [2.45, 2.75) is 5.16 Å². The van der Waals surface area contributed by atoms with Gasteiger partial charge in [0, 0.05) is 6.08 Å². The second-order valence-corrected chi connectivity index (χ2v) is 5.00. The van der Waals surface area contributed by atoms with E-state index < -0.39 is 17.8 Å². The van der Waals surface area contributed by atoms with Crippen LogP contribution in [0.4, 0.5) is 0 Å². The number of fused-ring (bicyclic) bond motifs is 1. The predicted molar refractivity (Wildman–Crippen MR) is 77.3 cm³/mol. The Hall–Kier alpha value is -2.81. The summed E-state index contributed by atoms with van der Waals surface area (Å²) >= 11 is 1.17. The van der Waals surface area contributed by atoms with Crippen LogP contribution in [-0.2, 0) is 14.4 Å². The Morgan fingerprint density at radius 1 is 1.23 bits per heavy atom. The fourth-order valence-electron chi connectivity index (χ4n) is 1.48. The summed E-state index contributed by atoms with van der Waals surface area (Å²) in [6.07, 6.45) is 1.30. The number of carbonyl (C=O) groups is 3. The number of benzene rings is 1. The minimum atomic E-state index is -1.50. The zero-order valence-corrected chi connectivity index (χ0v) is 12.0. The van der Waals surface area contributed by atoms with E-state index in [1.54, 1.807) is 0 Å². The van der Waals surface area contributed by atoms with Gasteiger partial charge in [0.2, 0.25) is 5.91 Å². The van der Waals surface area contributed by atoms with Crippen molar-refractivity contribution in [2.24, 2.45) is 0 Å². The lowest BCUT2D eigenvalue weighted by atomic mass is 10.3. The molecule has 0 saturated heterocycles. The standard InChI is InChI=1S/C13H12N4O4S/c18-10(5-6-12(20)21)16-17-11(19)7-22-13-14-8-3-1-2-4-9(8)15-13/h1-6H,7H2,(H,14,15)(H,16,18)(H,17,19)(H,20,21)/p-1. The van der Waals surface area contributed by atoms with Gasteiger partial charge in [0.05, 0.1) is 22.8 Å². The second-order valence-electron chi connectivity index (χ2n) is 4.04. The third kappa shape index (κ3) is 4.63. The highest BCUT2D eigenvalue weighted by Gasteiger charge is 2.07. The van der Waals surface area contributed by atoms with Gasteiger partial charge in [0.25, 0.3) is 5.91 Å². The number of nitrogens with zero attached hydrogens (tertiary/aromatic N) is 1. The van der Waals surface area contributed by atoms with E-state index in [2.05, 4.69) is 15.4 Å². The molecule has 0 radical (unpaired) electrons. The lowest BCUT2D eigenvalue weighted by Crippen LogP contribution is -2.41. The average molecular weight is 319 g/mol. The highest BCUT2D eigenvalue weighted by molar-refractivity contribution is 7.99. The van der Waals surface area contributed by atoms with Gasteiger partial charge < -0.3 is 14.9 Å². The van der Waals surface area contributed by atoms with Gasteiger partial charge in [-0.05, 0) is 18.2 Å². The molecule has 1 aromatic carbocycles. The van der Waals surface area contributed by atoms with Crippen LogP contribution >= 0.6 is 11.8 Å². The fourth-order valence-corrected chi connectivity index (χ4v) is 2.17. The number of hydrogen-bond donors (Lipinski definition) is 3. The summed E-state index contributed by atoms with van der Waals surface area (Å²) in [5.41, 5.74) is 5.85. The molecule has 0 fully saturated rings. The van der Waals surface area contributed by atoms with E-state index in [1.165, 1.54) is 11.8 Å². The highest BCUT2D eigenvalue weighted by Crippen LogP contribution is 2.18. The number of H-pyrrole nitrogens is 1. The van der Waals surface area contributed by atoms with Crippen molar-refractivity contribution in [3.8, 4) is 0 Å². The monoisotopic (exact) mass is 319 g/mol. The van der Waals surface area contributed by atoms with Gasteiger partial charge in [-0.2, -0.15) is 0 Å². The Labute approximate surface area is 129 Å². The number of aromatic amines is 1. The maximum absolute atomic E-state index is 11.5. The number of amides is 2. The molecule has 2 aromatic rings. The lowest BCUT2D eigenvalue weighted by molar-refractivity contribution is -0.297. The first kappa shape index (κ1) is 15.6. The molecule has 0 aliphatic heterocycles. The van der Waals surface area contributed by atoms with E-state index in [1.807, 2.05) is 29.7 Å². The van der Waals surface area contributed by atoms with Gasteiger partial charge in [0.1, 0.15) is 0 Å². The second kappa shape index (κ2) is 7.27. The Balaban J connectivity index is 1.78. The summed E-state index contributed by atoms with van der Waals surface area (Å²) in [7, 11) is 0. The number of imidazole rings is 1. The summed E-state index contributed by atoms with van der Waals surface area (Å²) in [5.74, 6) is -2.70. The molecule has 0 spiro atoms. The molecule has 0 atom stereocenters. The van der Waals surface area contributed by atoms with E-state index >= 15 is 0 Å². The molecular formula is C13H11N4O4S-. The number of aromatic nitrogens is 2. The molecule has 0 unspecified atom stereocenters. The van der Waals surface area contributed by atoms with Gasteiger partial charge in [-0.25, -0.2) is 4.98 Å². The first-order chi connectivity index (χ1) is 10.5. The van der Waals surface area contributed by atoms with Crippen molar-refractivity contribution in [2.75, 3.05) is 5.75 Å². The molecule has 2 rings (SSSR count). The predicted octanol–water partition coefficient (Wildman–Crippen LogP) is -0.891. The number of hydrazine groups is 1. The van der Waals surface area contributed by atoms with Crippen LogP contribution < -0.4 is 16.0 Å². The third-order valence-electron chi connectivity index (χ3n) is 2.40. The van der Waals surface area contributed by atoms with Crippen LogP contribution in [0.15, 0.2) is 41.6 Å². The number of carboxylic acids is 1. The van der Waals surface area contributed by atoms with Crippen molar-refractivity contribution in [3.05, 3.63) is 36.4 Å². The molecule has 8 nitrogen and oxygen atoms in total. The zero-order valence-electron chi connectivity index (χ0n) is 11.2. The number of rotatable bonds is 5. The first-order valence-electron chi connectivity index (χ1n) is 6.10. The quantitative estimate of drug-likeness (QED) is 0.373. The summed E-state index contributed by atoms with van der Waals surface area (Å²) in [4.78, 5) is 40.1. The van der Waals surface area contributed by atoms with E-state index in [9.17, 15) is 19.5 Å². The third-order valence-corrected chi connectivity index (χ3v) is 3.28. The van der Waals surface area contributed by atoms with Gasteiger partial charge >= 0.3 is 0 Å². The minimum Gasteiger partial charge on any atom is -0.545 e. The molecule has 1 aromatic heterocycles.